The van der Waals surface area contributed by atoms with Gasteiger partial charge in [0.15, 0.2) is 0 Å². The van der Waals surface area contributed by atoms with Crippen molar-refractivity contribution in [3.05, 3.63) is 59.2 Å². The van der Waals surface area contributed by atoms with Crippen LogP contribution >= 0.6 is 0 Å². The minimum Gasteiger partial charge on any atom is -0.322 e. The highest BCUT2D eigenvalue weighted by Crippen LogP contribution is 2.31. The van der Waals surface area contributed by atoms with Crippen LogP contribution in [0.4, 0.5) is 23.2 Å². The maximum Gasteiger partial charge on any atom is 0.416 e. The van der Waals surface area contributed by atoms with Crippen LogP contribution in [0.2, 0.25) is 0 Å². The van der Waals surface area contributed by atoms with Gasteiger partial charge in [-0.05, 0) is 41.8 Å². The molecule has 0 unspecified atom stereocenters. The van der Waals surface area contributed by atoms with E-state index in [1.54, 1.807) is 6.07 Å². The zero-order chi connectivity index (χ0) is 14.8. The molecular formula is C13H11F4N3. The molecule has 1 heterocycles. The molecule has 0 saturated heterocycles. The maximum absolute atomic E-state index is 13.3. The van der Waals surface area contributed by atoms with E-state index in [1.165, 1.54) is 12.4 Å². The minimum absolute atomic E-state index is 0.114. The largest absolute Gasteiger partial charge is 0.416 e. The standard InChI is InChI=1S/C13H11F4N3/c14-11-5-8(4-10(6-11)13(15,16)17)3-9-1-2-19-7-12(9)20-18/h1-2,4-7,20H,3,18H2. The van der Waals surface area contributed by atoms with Gasteiger partial charge in [0, 0.05) is 6.20 Å². The summed E-state index contributed by atoms with van der Waals surface area (Å²) < 4.78 is 51.2. The van der Waals surface area contributed by atoms with E-state index in [4.69, 9.17) is 5.84 Å². The van der Waals surface area contributed by atoms with E-state index in [-0.39, 0.29) is 12.0 Å². The molecule has 1 aromatic heterocycles. The Balaban J connectivity index is 2.36. The molecule has 7 heteroatoms. The number of rotatable bonds is 3. The smallest absolute Gasteiger partial charge is 0.322 e. The van der Waals surface area contributed by atoms with Crippen molar-refractivity contribution in [1.82, 2.24) is 4.98 Å². The third-order valence-electron chi connectivity index (χ3n) is 2.75. The Morgan fingerprint density at radius 3 is 2.60 bits per heavy atom. The van der Waals surface area contributed by atoms with Gasteiger partial charge in [0.05, 0.1) is 17.4 Å². The van der Waals surface area contributed by atoms with Crippen LogP contribution in [0.3, 0.4) is 0 Å². The van der Waals surface area contributed by atoms with Crippen molar-refractivity contribution >= 4 is 5.69 Å². The van der Waals surface area contributed by atoms with Gasteiger partial charge in [-0.3, -0.25) is 10.8 Å². The molecule has 0 spiro atoms. The molecule has 1 aromatic carbocycles. The summed E-state index contributed by atoms with van der Waals surface area (Å²) in [5, 5.41) is 0. The molecule has 0 radical (unpaired) electrons. The van der Waals surface area contributed by atoms with Crippen molar-refractivity contribution in [2.75, 3.05) is 5.43 Å². The van der Waals surface area contributed by atoms with Gasteiger partial charge in [-0.15, -0.1) is 0 Å². The third-order valence-corrected chi connectivity index (χ3v) is 2.75. The van der Waals surface area contributed by atoms with E-state index in [9.17, 15) is 17.6 Å². The van der Waals surface area contributed by atoms with Crippen molar-refractivity contribution in [2.24, 2.45) is 5.84 Å². The molecule has 0 aliphatic heterocycles. The van der Waals surface area contributed by atoms with Crippen LogP contribution in [0.15, 0.2) is 36.7 Å². The van der Waals surface area contributed by atoms with E-state index >= 15 is 0 Å². The predicted molar refractivity (Wildman–Crippen MR) is 66.3 cm³/mol. The van der Waals surface area contributed by atoms with E-state index in [0.29, 0.717) is 17.3 Å². The molecule has 3 N–H and O–H groups in total. The lowest BCUT2D eigenvalue weighted by molar-refractivity contribution is -0.137. The van der Waals surface area contributed by atoms with Crippen molar-refractivity contribution in [3.8, 4) is 0 Å². The number of nitrogen functional groups attached to an aromatic ring is 1. The Hall–Kier alpha value is -2.15. The highest BCUT2D eigenvalue weighted by Gasteiger charge is 2.31. The second-order valence-electron chi connectivity index (χ2n) is 4.20. The van der Waals surface area contributed by atoms with Crippen molar-refractivity contribution in [3.63, 3.8) is 0 Å². The summed E-state index contributed by atoms with van der Waals surface area (Å²) in [7, 11) is 0. The molecule has 2 rings (SSSR count). The quantitative estimate of drug-likeness (QED) is 0.517. The second-order valence-corrected chi connectivity index (χ2v) is 4.20. The molecule has 0 fully saturated rings. The zero-order valence-electron chi connectivity index (χ0n) is 10.2. The highest BCUT2D eigenvalue weighted by molar-refractivity contribution is 5.50. The highest BCUT2D eigenvalue weighted by atomic mass is 19.4. The maximum atomic E-state index is 13.3. The van der Waals surface area contributed by atoms with Crippen LogP contribution < -0.4 is 11.3 Å². The molecule has 106 valence electrons. The zero-order valence-corrected chi connectivity index (χ0v) is 10.2. The summed E-state index contributed by atoms with van der Waals surface area (Å²) in [6.07, 6.45) is -1.54. The van der Waals surface area contributed by atoms with Crippen LogP contribution in [-0.4, -0.2) is 4.98 Å². The van der Waals surface area contributed by atoms with E-state index in [1.807, 2.05) is 0 Å². The van der Waals surface area contributed by atoms with Crippen LogP contribution in [-0.2, 0) is 12.6 Å². The SMILES string of the molecule is NNc1cnccc1Cc1cc(F)cc(C(F)(F)F)c1. The number of anilines is 1. The number of benzene rings is 1. The minimum atomic E-state index is -4.58. The monoisotopic (exact) mass is 285 g/mol. The van der Waals surface area contributed by atoms with Crippen LogP contribution in [0.25, 0.3) is 0 Å². The number of hydrazine groups is 1. The molecule has 0 amide bonds. The lowest BCUT2D eigenvalue weighted by Crippen LogP contribution is -2.10. The lowest BCUT2D eigenvalue weighted by Gasteiger charge is -2.11. The first-order valence-electron chi connectivity index (χ1n) is 5.66. The Morgan fingerprint density at radius 2 is 1.95 bits per heavy atom. The number of aromatic nitrogens is 1. The number of nitrogens with one attached hydrogen (secondary N) is 1. The number of halogens is 4. The van der Waals surface area contributed by atoms with Crippen LogP contribution in [0.5, 0.6) is 0 Å². The summed E-state index contributed by atoms with van der Waals surface area (Å²) in [6.45, 7) is 0. The number of nitrogens with two attached hydrogens (primary N) is 1. The van der Waals surface area contributed by atoms with Gasteiger partial charge in [0.1, 0.15) is 5.82 Å². The summed E-state index contributed by atoms with van der Waals surface area (Å²) in [5.41, 5.74) is 2.70. The van der Waals surface area contributed by atoms with Gasteiger partial charge in [0.2, 0.25) is 0 Å². The number of hydrogen-bond donors (Lipinski definition) is 2. The second kappa shape index (κ2) is 5.46. The van der Waals surface area contributed by atoms with Crippen LogP contribution in [0.1, 0.15) is 16.7 Å². The number of nitrogens with zero attached hydrogens (tertiary/aromatic N) is 1. The fourth-order valence-corrected chi connectivity index (χ4v) is 1.84. The summed E-state index contributed by atoms with van der Waals surface area (Å²) in [5.74, 6) is 4.36. The molecule has 0 bridgehead atoms. The van der Waals surface area contributed by atoms with E-state index in [2.05, 4.69) is 10.4 Å². The first-order valence-corrected chi connectivity index (χ1v) is 5.66. The molecule has 3 nitrogen and oxygen atoms in total. The third kappa shape index (κ3) is 3.24. The Bertz CT molecular complexity index is 611. The van der Waals surface area contributed by atoms with Crippen molar-refractivity contribution in [1.29, 1.82) is 0 Å². The van der Waals surface area contributed by atoms with E-state index < -0.39 is 17.6 Å². The molecule has 0 saturated carbocycles. The Labute approximate surface area is 112 Å². The average Bonchev–Trinajstić information content (AvgIpc) is 2.37. The van der Waals surface area contributed by atoms with Crippen molar-refractivity contribution < 1.29 is 17.6 Å². The summed E-state index contributed by atoms with van der Waals surface area (Å²) >= 11 is 0. The Kier molecular flexibility index (Phi) is 3.89. The molecular weight excluding hydrogens is 274 g/mol. The van der Waals surface area contributed by atoms with Gasteiger partial charge in [-0.25, -0.2) is 4.39 Å². The van der Waals surface area contributed by atoms with Crippen molar-refractivity contribution in [2.45, 2.75) is 12.6 Å². The lowest BCUT2D eigenvalue weighted by atomic mass is 10.0. The number of hydrogen-bond acceptors (Lipinski definition) is 3. The molecule has 0 atom stereocenters. The molecule has 20 heavy (non-hydrogen) atoms. The molecule has 2 aromatic rings. The van der Waals surface area contributed by atoms with Gasteiger partial charge < -0.3 is 5.43 Å². The fourth-order valence-electron chi connectivity index (χ4n) is 1.84. The summed E-state index contributed by atoms with van der Waals surface area (Å²) in [4.78, 5) is 3.84. The van der Waals surface area contributed by atoms with Gasteiger partial charge in [-0.2, -0.15) is 13.2 Å². The van der Waals surface area contributed by atoms with E-state index in [0.717, 1.165) is 12.1 Å². The van der Waals surface area contributed by atoms with Gasteiger partial charge in [-0.1, -0.05) is 0 Å². The fraction of sp³-hybridized carbons (Fsp3) is 0.154. The van der Waals surface area contributed by atoms with Gasteiger partial charge in [0.25, 0.3) is 0 Å². The molecule has 0 aliphatic carbocycles. The predicted octanol–water partition coefficient (Wildman–Crippen LogP) is 3.12. The molecule has 0 aliphatic rings. The number of alkyl halides is 3. The topological polar surface area (TPSA) is 50.9 Å². The number of pyridine rings is 1. The summed E-state index contributed by atoms with van der Waals surface area (Å²) in [6, 6.07) is 4.06. The normalized spacial score (nSPS) is 11.4. The van der Waals surface area contributed by atoms with Gasteiger partial charge >= 0.3 is 6.18 Å². The first kappa shape index (κ1) is 14.3. The van der Waals surface area contributed by atoms with Crippen LogP contribution in [0, 0.1) is 5.82 Å². The average molecular weight is 285 g/mol. The first-order chi connectivity index (χ1) is 9.40. The Morgan fingerprint density at radius 1 is 1.20 bits per heavy atom.